The summed E-state index contributed by atoms with van der Waals surface area (Å²) < 4.78 is 38.3. The number of benzene rings is 1. The minimum absolute atomic E-state index is 0.0459. The molecule has 1 aromatic carbocycles. The van der Waals surface area contributed by atoms with Crippen LogP contribution in [0.4, 0.5) is 18.9 Å². The van der Waals surface area contributed by atoms with Gasteiger partial charge in [0.25, 0.3) is 0 Å². The number of amidine groups is 1. The molecule has 0 aliphatic heterocycles. The normalized spacial score (nSPS) is 12.8. The van der Waals surface area contributed by atoms with Crippen LogP contribution >= 0.6 is 15.9 Å². The van der Waals surface area contributed by atoms with Crippen LogP contribution in [0.1, 0.15) is 25.8 Å². The lowest BCUT2D eigenvalue weighted by Gasteiger charge is -2.30. The molecule has 0 aliphatic rings. The van der Waals surface area contributed by atoms with E-state index in [4.69, 9.17) is 10.9 Å². The van der Waals surface area contributed by atoms with Crippen molar-refractivity contribution in [1.29, 1.82) is 0 Å². The van der Waals surface area contributed by atoms with Gasteiger partial charge in [-0.2, -0.15) is 13.2 Å². The van der Waals surface area contributed by atoms with E-state index >= 15 is 0 Å². The number of rotatable bonds is 5. The van der Waals surface area contributed by atoms with Crippen molar-refractivity contribution in [3.8, 4) is 0 Å². The smallest absolute Gasteiger partial charge is 0.409 e. The first-order chi connectivity index (χ1) is 9.66. The van der Waals surface area contributed by atoms with Gasteiger partial charge in [-0.25, -0.2) is 0 Å². The molecule has 0 saturated heterocycles. The predicted octanol–water partition coefficient (Wildman–Crippen LogP) is 3.82. The Hall–Kier alpha value is -1.44. The molecule has 4 nitrogen and oxygen atoms in total. The standard InChI is InChI=1S/C13H17BrF3N3O/c1-8(2)20(6-5-12(18)19-21)11-4-3-9(7-10(11)14)13(15,16)17/h3-4,7-8,21H,5-6H2,1-2H3,(H2,18,19). The number of nitrogens with zero attached hydrogens (tertiary/aromatic N) is 2. The monoisotopic (exact) mass is 367 g/mol. The second-order valence-corrected chi connectivity index (χ2v) is 5.65. The zero-order chi connectivity index (χ0) is 16.2. The fourth-order valence-corrected chi connectivity index (χ4v) is 2.46. The molecular formula is C13H17BrF3N3O. The van der Waals surface area contributed by atoms with E-state index in [1.807, 2.05) is 18.7 Å². The molecule has 0 radical (unpaired) electrons. The molecule has 0 unspecified atom stereocenters. The van der Waals surface area contributed by atoms with Gasteiger partial charge in [0.05, 0.1) is 11.3 Å². The molecule has 0 saturated carbocycles. The first kappa shape index (κ1) is 17.6. The van der Waals surface area contributed by atoms with Crippen LogP contribution in [0.2, 0.25) is 0 Å². The van der Waals surface area contributed by atoms with E-state index in [0.29, 0.717) is 23.1 Å². The molecule has 0 bridgehead atoms. The Morgan fingerprint density at radius 2 is 2.05 bits per heavy atom. The van der Waals surface area contributed by atoms with Crippen molar-refractivity contribution in [2.24, 2.45) is 10.9 Å². The highest BCUT2D eigenvalue weighted by Gasteiger charge is 2.31. The molecule has 0 heterocycles. The molecule has 1 aromatic rings. The lowest BCUT2D eigenvalue weighted by atomic mass is 10.1. The number of alkyl halides is 3. The molecule has 0 spiro atoms. The van der Waals surface area contributed by atoms with Gasteiger partial charge in [0.2, 0.25) is 0 Å². The Balaban J connectivity index is 3.04. The Bertz CT molecular complexity index is 518. The summed E-state index contributed by atoms with van der Waals surface area (Å²) in [6, 6.07) is 3.55. The summed E-state index contributed by atoms with van der Waals surface area (Å²) in [5.74, 6) is 0.0729. The molecule has 0 aliphatic carbocycles. The molecule has 0 amide bonds. The van der Waals surface area contributed by atoms with Crippen molar-refractivity contribution < 1.29 is 18.4 Å². The van der Waals surface area contributed by atoms with Gasteiger partial charge < -0.3 is 15.8 Å². The van der Waals surface area contributed by atoms with Gasteiger partial charge in [-0.05, 0) is 48.0 Å². The van der Waals surface area contributed by atoms with Gasteiger partial charge in [0, 0.05) is 23.5 Å². The van der Waals surface area contributed by atoms with Crippen LogP contribution < -0.4 is 10.6 Å². The van der Waals surface area contributed by atoms with E-state index in [9.17, 15) is 13.2 Å². The van der Waals surface area contributed by atoms with Gasteiger partial charge in [-0.3, -0.25) is 0 Å². The van der Waals surface area contributed by atoms with Crippen LogP contribution in [0, 0.1) is 0 Å². The van der Waals surface area contributed by atoms with Crippen molar-refractivity contribution in [3.63, 3.8) is 0 Å². The summed E-state index contributed by atoms with van der Waals surface area (Å²) in [6.07, 6.45) is -4.07. The Morgan fingerprint density at radius 1 is 1.43 bits per heavy atom. The lowest BCUT2D eigenvalue weighted by Crippen LogP contribution is -2.34. The average molecular weight is 368 g/mol. The van der Waals surface area contributed by atoms with E-state index in [1.54, 1.807) is 0 Å². The highest BCUT2D eigenvalue weighted by atomic mass is 79.9. The lowest BCUT2D eigenvalue weighted by molar-refractivity contribution is -0.137. The van der Waals surface area contributed by atoms with Crippen LogP contribution in [0.3, 0.4) is 0 Å². The van der Waals surface area contributed by atoms with E-state index in [0.717, 1.165) is 12.1 Å². The summed E-state index contributed by atoms with van der Waals surface area (Å²) in [4.78, 5) is 1.88. The molecule has 0 atom stereocenters. The van der Waals surface area contributed by atoms with Gasteiger partial charge in [-0.15, -0.1) is 0 Å². The van der Waals surface area contributed by atoms with E-state index in [2.05, 4.69) is 21.1 Å². The Kier molecular flexibility index (Phi) is 5.88. The molecule has 8 heteroatoms. The Labute approximate surface area is 129 Å². The zero-order valence-electron chi connectivity index (χ0n) is 11.7. The van der Waals surface area contributed by atoms with Crippen molar-refractivity contribution in [3.05, 3.63) is 28.2 Å². The van der Waals surface area contributed by atoms with Gasteiger partial charge in [-0.1, -0.05) is 5.16 Å². The average Bonchev–Trinajstić information content (AvgIpc) is 2.38. The fraction of sp³-hybridized carbons (Fsp3) is 0.462. The molecule has 118 valence electrons. The summed E-state index contributed by atoms with van der Waals surface area (Å²) in [5, 5.41) is 11.4. The third-order valence-corrected chi connectivity index (χ3v) is 3.58. The minimum Gasteiger partial charge on any atom is -0.409 e. The maximum Gasteiger partial charge on any atom is 0.416 e. The number of oxime groups is 1. The first-order valence-electron chi connectivity index (χ1n) is 6.26. The first-order valence-corrected chi connectivity index (χ1v) is 7.06. The topological polar surface area (TPSA) is 61.8 Å². The molecule has 3 N–H and O–H groups in total. The van der Waals surface area contributed by atoms with Crippen LogP contribution in [-0.2, 0) is 6.18 Å². The van der Waals surface area contributed by atoms with Crippen molar-refractivity contribution in [1.82, 2.24) is 0 Å². The number of nitrogens with two attached hydrogens (primary N) is 1. The van der Waals surface area contributed by atoms with Gasteiger partial charge in [0.15, 0.2) is 0 Å². The summed E-state index contributed by atoms with van der Waals surface area (Å²) in [5.41, 5.74) is 5.35. The quantitative estimate of drug-likeness (QED) is 0.360. The van der Waals surface area contributed by atoms with Gasteiger partial charge in [0.1, 0.15) is 5.84 Å². The number of halogens is 4. The van der Waals surface area contributed by atoms with Crippen LogP contribution in [0.25, 0.3) is 0 Å². The number of hydrogen-bond acceptors (Lipinski definition) is 3. The highest BCUT2D eigenvalue weighted by Crippen LogP contribution is 2.35. The predicted molar refractivity (Wildman–Crippen MR) is 79.7 cm³/mol. The van der Waals surface area contributed by atoms with Crippen LogP contribution in [0.5, 0.6) is 0 Å². The number of anilines is 1. The SMILES string of the molecule is CC(C)N(CC/C(N)=N/O)c1ccc(C(F)(F)F)cc1Br. The molecule has 21 heavy (non-hydrogen) atoms. The van der Waals surface area contributed by atoms with E-state index in [-0.39, 0.29) is 11.9 Å². The summed E-state index contributed by atoms with van der Waals surface area (Å²) in [7, 11) is 0. The van der Waals surface area contributed by atoms with Crippen molar-refractivity contribution in [2.45, 2.75) is 32.5 Å². The highest BCUT2D eigenvalue weighted by molar-refractivity contribution is 9.10. The summed E-state index contributed by atoms with van der Waals surface area (Å²) in [6.45, 7) is 4.25. The summed E-state index contributed by atoms with van der Waals surface area (Å²) >= 11 is 3.18. The second kappa shape index (κ2) is 7.02. The molecule has 0 aromatic heterocycles. The molecule has 1 rings (SSSR count). The third kappa shape index (κ3) is 4.80. The number of hydrogen-bond donors (Lipinski definition) is 2. The largest absolute Gasteiger partial charge is 0.416 e. The molecule has 0 fully saturated rings. The Morgan fingerprint density at radius 3 is 2.48 bits per heavy atom. The fourth-order valence-electron chi connectivity index (χ4n) is 1.86. The maximum absolute atomic E-state index is 12.7. The van der Waals surface area contributed by atoms with Crippen LogP contribution in [0.15, 0.2) is 27.8 Å². The third-order valence-electron chi connectivity index (χ3n) is 2.95. The maximum atomic E-state index is 12.7. The minimum atomic E-state index is -4.38. The van der Waals surface area contributed by atoms with Crippen molar-refractivity contribution >= 4 is 27.5 Å². The zero-order valence-corrected chi connectivity index (χ0v) is 13.2. The van der Waals surface area contributed by atoms with Crippen molar-refractivity contribution in [2.75, 3.05) is 11.4 Å². The van der Waals surface area contributed by atoms with Crippen LogP contribution in [-0.4, -0.2) is 23.6 Å². The van der Waals surface area contributed by atoms with E-state index < -0.39 is 11.7 Å². The second-order valence-electron chi connectivity index (χ2n) is 4.79. The molecular weight excluding hydrogens is 351 g/mol. The van der Waals surface area contributed by atoms with Gasteiger partial charge >= 0.3 is 6.18 Å². The van der Waals surface area contributed by atoms with E-state index in [1.165, 1.54) is 6.07 Å².